The third kappa shape index (κ3) is 3.24. The molecular weight excluding hydrogens is 282 g/mol. The number of amides is 1. The van der Waals surface area contributed by atoms with Crippen molar-refractivity contribution in [2.24, 2.45) is 0 Å². The monoisotopic (exact) mass is 303 g/mol. The highest BCUT2D eigenvalue weighted by Gasteiger charge is 2.28. The van der Waals surface area contributed by atoms with Crippen molar-refractivity contribution in [3.05, 3.63) is 35.5 Å². The molecule has 5 heteroatoms. The molecule has 0 aromatic heterocycles. The van der Waals surface area contributed by atoms with E-state index in [1.807, 2.05) is 25.1 Å². The molecule has 0 atom stereocenters. The molecule has 1 amide bonds. The number of benzene rings is 1. The van der Waals surface area contributed by atoms with Crippen molar-refractivity contribution < 1.29 is 4.79 Å². The Morgan fingerprint density at radius 1 is 1.19 bits per heavy atom. The summed E-state index contributed by atoms with van der Waals surface area (Å²) in [6, 6.07) is 8.20. The summed E-state index contributed by atoms with van der Waals surface area (Å²) in [5.74, 6) is -0.0599. The number of hydrogen-bond donors (Lipinski definition) is 1. The molecule has 0 bridgehead atoms. The van der Waals surface area contributed by atoms with Gasteiger partial charge < -0.3 is 10.2 Å². The number of hydrogen-bond acceptors (Lipinski definition) is 3. The Hall–Kier alpha value is -1.88. The van der Waals surface area contributed by atoms with E-state index in [1.54, 1.807) is 4.90 Å². The van der Waals surface area contributed by atoms with E-state index in [-0.39, 0.29) is 5.91 Å². The summed E-state index contributed by atoms with van der Waals surface area (Å²) < 4.78 is 0. The molecule has 0 spiro atoms. The highest BCUT2D eigenvalue weighted by atomic mass is 32.1. The van der Waals surface area contributed by atoms with Crippen LogP contribution in [-0.4, -0.2) is 35.6 Å². The fourth-order valence-electron chi connectivity index (χ4n) is 2.40. The summed E-state index contributed by atoms with van der Waals surface area (Å²) in [7, 11) is 0. The molecule has 1 heterocycles. The molecule has 1 aliphatic rings. The van der Waals surface area contributed by atoms with Crippen LogP contribution >= 0.6 is 12.2 Å². The van der Waals surface area contributed by atoms with Gasteiger partial charge in [-0.1, -0.05) is 12.1 Å². The Morgan fingerprint density at radius 3 is 2.29 bits per heavy atom. The Labute approximate surface area is 131 Å². The first-order valence-electron chi connectivity index (χ1n) is 7.30. The lowest BCUT2D eigenvalue weighted by atomic mass is 10.1. The molecule has 1 aromatic rings. The van der Waals surface area contributed by atoms with Crippen LogP contribution in [0.25, 0.3) is 6.08 Å². The van der Waals surface area contributed by atoms with Crippen LogP contribution in [0.1, 0.15) is 26.3 Å². The van der Waals surface area contributed by atoms with Gasteiger partial charge in [0.2, 0.25) is 0 Å². The molecule has 1 aromatic carbocycles. The van der Waals surface area contributed by atoms with Crippen molar-refractivity contribution in [2.75, 3.05) is 24.5 Å². The van der Waals surface area contributed by atoms with E-state index >= 15 is 0 Å². The molecule has 1 N–H and O–H groups in total. The lowest BCUT2D eigenvalue weighted by molar-refractivity contribution is -0.122. The molecule has 2 rings (SSSR count). The van der Waals surface area contributed by atoms with Crippen LogP contribution in [-0.2, 0) is 4.79 Å². The number of anilines is 1. The number of likely N-dealkylation sites (N-methyl/N-ethyl adjacent to an activating group) is 1. The number of carbonyl (C=O) groups is 1. The zero-order chi connectivity index (χ0) is 15.4. The highest BCUT2D eigenvalue weighted by Crippen LogP contribution is 2.18. The van der Waals surface area contributed by atoms with Gasteiger partial charge in [-0.05, 0) is 56.8 Å². The van der Waals surface area contributed by atoms with Gasteiger partial charge >= 0.3 is 0 Å². The van der Waals surface area contributed by atoms with Gasteiger partial charge in [-0.3, -0.25) is 9.69 Å². The summed E-state index contributed by atoms with van der Waals surface area (Å²) >= 11 is 5.14. The van der Waals surface area contributed by atoms with Crippen LogP contribution in [0.2, 0.25) is 0 Å². The largest absolute Gasteiger partial charge is 0.372 e. The van der Waals surface area contributed by atoms with E-state index < -0.39 is 0 Å². The lowest BCUT2D eigenvalue weighted by Crippen LogP contribution is -2.30. The minimum atomic E-state index is -0.0599. The normalized spacial score (nSPS) is 16.5. The average Bonchev–Trinajstić information content (AvgIpc) is 2.76. The molecule has 112 valence electrons. The van der Waals surface area contributed by atoms with Crippen LogP contribution in [0, 0.1) is 0 Å². The molecule has 1 aliphatic heterocycles. The number of nitrogens with zero attached hydrogens (tertiary/aromatic N) is 2. The van der Waals surface area contributed by atoms with Crippen molar-refractivity contribution in [1.29, 1.82) is 0 Å². The SMILES string of the molecule is CCN1C(=O)/C(=C\c2ccc(N(CC)CC)cc2)NC1=S. The average molecular weight is 303 g/mol. The Kier molecular flexibility index (Phi) is 4.96. The summed E-state index contributed by atoms with van der Waals surface area (Å²) in [5.41, 5.74) is 2.72. The quantitative estimate of drug-likeness (QED) is 0.670. The Bertz CT molecular complexity index is 561. The molecule has 0 unspecified atom stereocenters. The fourth-order valence-corrected chi connectivity index (χ4v) is 2.72. The third-order valence-electron chi connectivity index (χ3n) is 3.61. The van der Waals surface area contributed by atoms with Gasteiger partial charge in [-0.15, -0.1) is 0 Å². The van der Waals surface area contributed by atoms with Crippen LogP contribution in [0.15, 0.2) is 30.0 Å². The molecule has 4 nitrogen and oxygen atoms in total. The molecular formula is C16H21N3OS. The van der Waals surface area contributed by atoms with Crippen molar-refractivity contribution in [2.45, 2.75) is 20.8 Å². The van der Waals surface area contributed by atoms with Crippen molar-refractivity contribution in [3.63, 3.8) is 0 Å². The summed E-state index contributed by atoms with van der Waals surface area (Å²) in [4.78, 5) is 16.0. The second-order valence-electron chi connectivity index (χ2n) is 4.80. The topological polar surface area (TPSA) is 35.6 Å². The van der Waals surface area contributed by atoms with Gasteiger partial charge in [0.1, 0.15) is 5.70 Å². The Balaban J connectivity index is 2.19. The molecule has 0 saturated carbocycles. The van der Waals surface area contributed by atoms with Crippen molar-refractivity contribution in [1.82, 2.24) is 10.2 Å². The first-order valence-corrected chi connectivity index (χ1v) is 7.71. The number of carbonyl (C=O) groups excluding carboxylic acids is 1. The van der Waals surface area contributed by atoms with Gasteiger partial charge in [-0.2, -0.15) is 0 Å². The second-order valence-corrected chi connectivity index (χ2v) is 5.19. The maximum absolute atomic E-state index is 12.1. The predicted molar refractivity (Wildman–Crippen MR) is 91.1 cm³/mol. The zero-order valence-electron chi connectivity index (χ0n) is 12.7. The fraction of sp³-hybridized carbons (Fsp3) is 0.375. The van der Waals surface area contributed by atoms with Crippen LogP contribution in [0.3, 0.4) is 0 Å². The molecule has 1 saturated heterocycles. The molecule has 0 aliphatic carbocycles. The highest BCUT2D eigenvalue weighted by molar-refractivity contribution is 7.80. The van der Waals surface area contributed by atoms with Gasteiger partial charge in [0.25, 0.3) is 5.91 Å². The first kappa shape index (κ1) is 15.5. The summed E-state index contributed by atoms with van der Waals surface area (Å²) in [5, 5.41) is 3.45. The maximum atomic E-state index is 12.1. The van der Waals surface area contributed by atoms with E-state index in [9.17, 15) is 4.79 Å². The van der Waals surface area contributed by atoms with Gasteiger partial charge in [0.15, 0.2) is 5.11 Å². The zero-order valence-corrected chi connectivity index (χ0v) is 13.5. The van der Waals surface area contributed by atoms with Gasteiger partial charge in [0.05, 0.1) is 0 Å². The predicted octanol–water partition coefficient (Wildman–Crippen LogP) is 2.61. The van der Waals surface area contributed by atoms with Crippen molar-refractivity contribution in [3.8, 4) is 0 Å². The van der Waals surface area contributed by atoms with Crippen LogP contribution < -0.4 is 10.2 Å². The minimum absolute atomic E-state index is 0.0599. The number of rotatable bonds is 5. The van der Waals surface area contributed by atoms with E-state index in [0.29, 0.717) is 17.4 Å². The number of nitrogens with one attached hydrogen (secondary N) is 1. The second kappa shape index (κ2) is 6.72. The lowest BCUT2D eigenvalue weighted by Gasteiger charge is -2.20. The van der Waals surface area contributed by atoms with Gasteiger partial charge in [-0.25, -0.2) is 0 Å². The van der Waals surface area contributed by atoms with E-state index in [4.69, 9.17) is 12.2 Å². The summed E-state index contributed by atoms with van der Waals surface area (Å²) in [6.45, 7) is 8.74. The van der Waals surface area contributed by atoms with E-state index in [2.05, 4.69) is 36.2 Å². The molecule has 0 radical (unpaired) electrons. The third-order valence-corrected chi connectivity index (χ3v) is 3.93. The number of thiocarbonyl (C=S) groups is 1. The maximum Gasteiger partial charge on any atom is 0.276 e. The Morgan fingerprint density at radius 2 is 1.81 bits per heavy atom. The molecule has 1 fully saturated rings. The van der Waals surface area contributed by atoms with Crippen molar-refractivity contribution >= 4 is 35.0 Å². The van der Waals surface area contributed by atoms with Gasteiger partial charge in [0, 0.05) is 25.3 Å². The smallest absolute Gasteiger partial charge is 0.276 e. The minimum Gasteiger partial charge on any atom is -0.372 e. The van der Waals surface area contributed by atoms with E-state index in [1.165, 1.54) is 5.69 Å². The molecule has 21 heavy (non-hydrogen) atoms. The summed E-state index contributed by atoms with van der Waals surface area (Å²) in [6.07, 6.45) is 1.84. The van der Waals surface area contributed by atoms with E-state index in [0.717, 1.165) is 18.7 Å². The van der Waals surface area contributed by atoms with Crippen LogP contribution in [0.4, 0.5) is 5.69 Å². The first-order chi connectivity index (χ1) is 10.1. The standard InChI is InChI=1S/C16H21N3OS/c1-4-18(5-2)13-9-7-12(8-10-13)11-14-15(20)19(6-3)16(21)17-14/h7-11H,4-6H2,1-3H3,(H,17,21)/b14-11+. The van der Waals surface area contributed by atoms with Crippen LogP contribution in [0.5, 0.6) is 0 Å².